The number of likely N-dealkylation sites (tertiary alicyclic amines) is 3. The number of β-amino-alcohol motifs (C(OH)–C–C–N with tert-alkyl or cyclic N) is 2. The SMILES string of the molecule is CC(=O)NC(Cc1ccccc1)C(=O)NC(C)(C)C(=O)NC(C)(C)C(=O)NC(C)(C)C(=O)NC(C)(C)C(=O)NCC(=O)NC(CC(C)C)C(=O)NC(C)(C)C(=O)NC(C)(C)C(=O)N1CC(O)CC1C(=O)NC(CCC(N)=O)C(=O)NC(C)(C)C(=O)N1CC(O)CC1C(=O)NC(C)(C)C(=O)N1CCCC1C(=O)NC(CO)Cc1ccccc1. The van der Waals surface area contributed by atoms with E-state index in [1.807, 2.05) is 30.3 Å². The highest BCUT2D eigenvalue weighted by Gasteiger charge is 2.51. The van der Waals surface area contributed by atoms with Gasteiger partial charge < -0.3 is 105 Å². The summed E-state index contributed by atoms with van der Waals surface area (Å²) in [7, 11) is 0. The summed E-state index contributed by atoms with van der Waals surface area (Å²) in [4.78, 5) is 238. The van der Waals surface area contributed by atoms with Crippen LogP contribution in [0.2, 0.25) is 0 Å². The Morgan fingerprint density at radius 2 is 0.829 bits per heavy atom. The largest absolute Gasteiger partial charge is 0.394 e. The van der Waals surface area contributed by atoms with Crippen molar-refractivity contribution in [2.45, 2.75) is 288 Å². The third-order valence-corrected chi connectivity index (χ3v) is 20.3. The highest BCUT2D eigenvalue weighted by molar-refractivity contribution is 6.04. The zero-order valence-corrected chi connectivity index (χ0v) is 70.6. The van der Waals surface area contributed by atoms with E-state index >= 15 is 0 Å². The first-order valence-electron chi connectivity index (χ1n) is 39.2. The van der Waals surface area contributed by atoms with Crippen LogP contribution in [0.4, 0.5) is 0 Å². The van der Waals surface area contributed by atoms with Gasteiger partial charge in [0, 0.05) is 52.2 Å². The van der Waals surface area contributed by atoms with Crippen LogP contribution < -0.4 is 74.9 Å². The third kappa shape index (κ3) is 27.2. The lowest BCUT2D eigenvalue weighted by Gasteiger charge is -2.37. The summed E-state index contributed by atoms with van der Waals surface area (Å²) in [6, 6.07) is 9.56. The van der Waals surface area contributed by atoms with E-state index in [1.54, 1.807) is 44.2 Å². The molecular formula is C80H123N17O20. The van der Waals surface area contributed by atoms with Gasteiger partial charge in [0.05, 0.1) is 31.4 Å². The Hall–Kier alpha value is -10.7. The van der Waals surface area contributed by atoms with Gasteiger partial charge in [0.1, 0.15) is 80.6 Å². The summed E-state index contributed by atoms with van der Waals surface area (Å²) in [6.07, 6.45) is -2.94. The topological polar surface area (TPSA) is 543 Å². The molecule has 3 aliphatic rings. The molecule has 5 rings (SSSR count). The van der Waals surface area contributed by atoms with E-state index in [2.05, 4.69) is 69.1 Å². The highest BCUT2D eigenvalue weighted by atomic mass is 16.3. The van der Waals surface area contributed by atoms with Crippen LogP contribution >= 0.6 is 0 Å². The number of hydrogen-bond acceptors (Lipinski definition) is 20. The number of carbonyl (C=O) groups is 17. The Kier molecular flexibility index (Phi) is 32.7. The number of primary amides is 1. The monoisotopic (exact) mass is 1640 g/mol. The molecule has 37 heteroatoms. The molecule has 9 unspecified atom stereocenters. The van der Waals surface area contributed by atoms with Crippen LogP contribution in [0.15, 0.2) is 60.7 Å². The lowest BCUT2D eigenvalue weighted by atomic mass is 9.95. The van der Waals surface area contributed by atoms with Crippen molar-refractivity contribution < 1.29 is 96.8 Å². The molecule has 0 spiro atoms. The molecule has 2 aromatic carbocycles. The molecule has 9 atom stereocenters. The average Bonchev–Trinajstić information content (AvgIpc) is 1.71. The van der Waals surface area contributed by atoms with Crippen LogP contribution in [-0.4, -0.2) is 262 Å². The van der Waals surface area contributed by atoms with E-state index in [1.165, 1.54) is 123 Å². The van der Waals surface area contributed by atoms with Gasteiger partial charge >= 0.3 is 0 Å². The summed E-state index contributed by atoms with van der Waals surface area (Å²) in [5.74, 6) is -14.1. The van der Waals surface area contributed by atoms with E-state index in [9.17, 15) is 96.8 Å². The van der Waals surface area contributed by atoms with Gasteiger partial charge in [-0.15, -0.1) is 0 Å². The number of nitrogens with one attached hydrogen (secondary N) is 13. The second-order valence-corrected chi connectivity index (χ2v) is 35.2. The van der Waals surface area contributed by atoms with Gasteiger partial charge in [-0.3, -0.25) is 81.5 Å². The quantitative estimate of drug-likeness (QED) is 0.0317. The van der Waals surface area contributed by atoms with Gasteiger partial charge in [-0.05, 0) is 160 Å². The van der Waals surface area contributed by atoms with E-state index in [-0.39, 0.29) is 51.3 Å². The minimum absolute atomic E-state index is 0.00701. The van der Waals surface area contributed by atoms with E-state index < -0.39 is 225 Å². The Morgan fingerprint density at radius 1 is 0.444 bits per heavy atom. The molecule has 0 saturated carbocycles. The minimum Gasteiger partial charge on any atom is -0.394 e. The van der Waals surface area contributed by atoms with Crippen LogP contribution in [0.1, 0.15) is 188 Å². The molecule has 648 valence electrons. The fourth-order valence-electron chi connectivity index (χ4n) is 13.5. The van der Waals surface area contributed by atoms with E-state index in [4.69, 9.17) is 5.73 Å². The number of rotatable bonds is 38. The Bertz CT molecular complexity index is 4030. The van der Waals surface area contributed by atoms with Crippen molar-refractivity contribution in [3.05, 3.63) is 71.8 Å². The maximum Gasteiger partial charge on any atom is 0.248 e. The van der Waals surface area contributed by atoms with Gasteiger partial charge in [0.2, 0.25) is 100 Å². The number of nitrogens with zero attached hydrogens (tertiary/aromatic N) is 3. The van der Waals surface area contributed by atoms with Gasteiger partial charge in [-0.1, -0.05) is 74.5 Å². The number of aliphatic hydroxyl groups is 3. The first-order valence-corrected chi connectivity index (χ1v) is 39.2. The lowest BCUT2D eigenvalue weighted by Crippen LogP contribution is -2.68. The molecule has 3 heterocycles. The lowest BCUT2D eigenvalue weighted by molar-refractivity contribution is -0.148. The Labute approximate surface area is 682 Å². The summed E-state index contributed by atoms with van der Waals surface area (Å²) in [5.41, 5.74) is -7.10. The van der Waals surface area contributed by atoms with Crippen molar-refractivity contribution in [3.8, 4) is 0 Å². The van der Waals surface area contributed by atoms with Gasteiger partial charge in [-0.2, -0.15) is 0 Å². The summed E-state index contributed by atoms with van der Waals surface area (Å²) in [6.45, 7) is 24.4. The molecule has 0 radical (unpaired) electrons. The number of amides is 17. The van der Waals surface area contributed by atoms with Crippen LogP contribution in [0.3, 0.4) is 0 Å². The molecule has 0 aliphatic carbocycles. The first-order chi connectivity index (χ1) is 53.9. The molecule has 37 nitrogen and oxygen atoms in total. The van der Waals surface area contributed by atoms with Gasteiger partial charge in [0.25, 0.3) is 0 Å². The molecule has 0 aromatic heterocycles. The average molecular weight is 1640 g/mol. The van der Waals surface area contributed by atoms with Crippen LogP contribution in [0, 0.1) is 5.92 Å². The second-order valence-electron chi connectivity index (χ2n) is 35.2. The smallest absolute Gasteiger partial charge is 0.248 e. The molecule has 17 amide bonds. The molecule has 3 saturated heterocycles. The highest BCUT2D eigenvalue weighted by Crippen LogP contribution is 2.28. The van der Waals surface area contributed by atoms with Crippen molar-refractivity contribution in [1.29, 1.82) is 0 Å². The summed E-state index contributed by atoms with van der Waals surface area (Å²) < 4.78 is 0. The van der Waals surface area contributed by atoms with Crippen LogP contribution in [-0.2, 0) is 94.3 Å². The van der Waals surface area contributed by atoms with Crippen molar-refractivity contribution in [2.75, 3.05) is 32.8 Å². The number of carbonyl (C=O) groups excluding carboxylic acids is 17. The first kappa shape index (κ1) is 96.9. The Morgan fingerprint density at radius 3 is 1.28 bits per heavy atom. The fourth-order valence-corrected chi connectivity index (χ4v) is 13.5. The molecule has 3 fully saturated rings. The van der Waals surface area contributed by atoms with Crippen molar-refractivity contribution in [3.63, 3.8) is 0 Å². The predicted octanol–water partition coefficient (Wildman–Crippen LogP) is -3.08. The zero-order chi connectivity index (χ0) is 88.6. The van der Waals surface area contributed by atoms with Gasteiger partial charge in [-0.25, -0.2) is 0 Å². The van der Waals surface area contributed by atoms with E-state index in [0.29, 0.717) is 19.3 Å². The molecular weight excluding hydrogens is 1520 g/mol. The van der Waals surface area contributed by atoms with Crippen molar-refractivity contribution >= 4 is 100 Å². The minimum atomic E-state index is -1.93. The summed E-state index contributed by atoms with van der Waals surface area (Å²) in [5, 5.41) is 65.7. The molecule has 3 aliphatic heterocycles. The predicted molar refractivity (Wildman–Crippen MR) is 426 cm³/mol. The fraction of sp³-hybridized carbons (Fsp3) is 0.637. The molecule has 18 N–H and O–H groups in total. The summed E-state index contributed by atoms with van der Waals surface area (Å²) >= 11 is 0. The maximum atomic E-state index is 14.6. The number of hydrogen-bond donors (Lipinski definition) is 17. The third-order valence-electron chi connectivity index (χ3n) is 20.3. The maximum absolute atomic E-state index is 14.6. The molecule has 0 bridgehead atoms. The van der Waals surface area contributed by atoms with Crippen molar-refractivity contribution in [1.82, 2.24) is 83.8 Å². The molecule has 117 heavy (non-hydrogen) atoms. The standard InChI is InChI=1S/C80H123N17O20/c1-44(2)35-52(85-58(103)40-82-65(110)73(4,5)91-68(113)76(10,11)93-69(114)77(12,13)92-66(111)74(6,7)88-61(106)53(83-45(3)99)37-47-29-24-21-25-30-47)60(105)87-75(8,9)67(112)94-80(18,19)72(117)96-41-49(100)38-55(96)63(108)86-51(32-33-57(81)102)59(104)89-79(16,17)71(116)97-42-50(101)39-56(97)64(109)90-78(14,15)70(115)95-34-26-31-54(95)62(107)84-48(43-98)36-46-27-22-20-23-28-46/h20-25,27-30,44,48-56,98,100-101H,26,31-43H2,1-19H3,(H2,81,102)(H,82,110)(H,83,99)(H,84,107)(H,85,103)(H,86,108)(H,87,105)(H,88,106)(H,89,104)(H,90,109)(H,91,113)(H,92,111)(H,93,114)(H,94,112). The zero-order valence-electron chi connectivity index (χ0n) is 70.6. The van der Waals surface area contributed by atoms with E-state index in [0.717, 1.165) is 20.9 Å². The number of aliphatic hydroxyl groups excluding tert-OH is 3. The van der Waals surface area contributed by atoms with Crippen LogP contribution in [0.5, 0.6) is 0 Å². The van der Waals surface area contributed by atoms with Crippen molar-refractivity contribution in [2.24, 2.45) is 11.7 Å². The molecule has 2 aromatic rings. The normalized spacial score (nSPS) is 18.4. The Balaban J connectivity index is 1.16. The number of benzene rings is 2. The number of nitrogens with two attached hydrogens (primary N) is 1. The second kappa shape index (κ2) is 39.5. The van der Waals surface area contributed by atoms with Gasteiger partial charge in [0.15, 0.2) is 0 Å². The van der Waals surface area contributed by atoms with Crippen LogP contribution in [0.25, 0.3) is 0 Å².